The zero-order chi connectivity index (χ0) is 16.4. The lowest BCUT2D eigenvalue weighted by Gasteiger charge is -2.25. The summed E-state index contributed by atoms with van der Waals surface area (Å²) in [7, 11) is 3.90. The number of benzene rings is 1. The van der Waals surface area contributed by atoms with Crippen LogP contribution >= 0.6 is 0 Å². The van der Waals surface area contributed by atoms with Gasteiger partial charge in [0.05, 0.1) is 19.3 Å². The van der Waals surface area contributed by atoms with E-state index in [0.29, 0.717) is 24.2 Å². The molecule has 0 amide bonds. The molecule has 0 unspecified atom stereocenters. The van der Waals surface area contributed by atoms with Crippen LogP contribution in [-0.2, 0) is 11.3 Å². The Hall–Kier alpha value is -1.10. The molecule has 4 heteroatoms. The molecule has 4 nitrogen and oxygen atoms in total. The summed E-state index contributed by atoms with van der Waals surface area (Å²) in [6.45, 7) is 8.79. The van der Waals surface area contributed by atoms with Gasteiger partial charge in [0.25, 0.3) is 0 Å². The number of likely N-dealkylation sites (tertiary alicyclic amines) is 1. The summed E-state index contributed by atoms with van der Waals surface area (Å²) in [6.07, 6.45) is 2.06. The van der Waals surface area contributed by atoms with Gasteiger partial charge in [-0.25, -0.2) is 0 Å². The standard InChI is InChI=1S/C19H30N2O2/c1-14(2)20(3)12-18-9-16-11-21(13-19(16)23-18)10-15-5-7-17(22-4)8-6-15/h5-8,14,16,18-19H,9-13H2,1-4H3/t16-,18-,19+/m1/s1. The minimum Gasteiger partial charge on any atom is -0.497 e. The zero-order valence-corrected chi connectivity index (χ0v) is 14.9. The fourth-order valence-corrected chi connectivity index (χ4v) is 3.72. The first-order chi connectivity index (χ1) is 11.0. The Morgan fingerprint density at radius 3 is 2.61 bits per heavy atom. The Morgan fingerprint density at radius 2 is 2.00 bits per heavy atom. The molecule has 2 heterocycles. The first-order valence-corrected chi connectivity index (χ1v) is 8.76. The maximum absolute atomic E-state index is 6.31. The molecule has 0 N–H and O–H groups in total. The van der Waals surface area contributed by atoms with Gasteiger partial charge < -0.3 is 14.4 Å². The van der Waals surface area contributed by atoms with E-state index in [0.717, 1.165) is 25.4 Å². The molecule has 0 spiro atoms. The zero-order valence-electron chi connectivity index (χ0n) is 14.9. The number of hydrogen-bond donors (Lipinski definition) is 0. The smallest absolute Gasteiger partial charge is 0.118 e. The molecule has 1 aromatic carbocycles. The monoisotopic (exact) mass is 318 g/mol. The van der Waals surface area contributed by atoms with Gasteiger partial charge in [-0.1, -0.05) is 12.1 Å². The number of nitrogens with zero attached hydrogens (tertiary/aromatic N) is 2. The second-order valence-corrected chi connectivity index (χ2v) is 7.37. The maximum Gasteiger partial charge on any atom is 0.118 e. The number of methoxy groups -OCH3 is 1. The van der Waals surface area contributed by atoms with Gasteiger partial charge in [-0.05, 0) is 45.0 Å². The van der Waals surface area contributed by atoms with E-state index in [-0.39, 0.29) is 0 Å². The Bertz CT molecular complexity index is 489. The SMILES string of the molecule is COc1ccc(CN2C[C@H]3C[C@H](CN(C)C(C)C)O[C@H]3C2)cc1. The van der Waals surface area contributed by atoms with Gasteiger partial charge in [0.1, 0.15) is 5.75 Å². The Kier molecular flexibility index (Phi) is 5.24. The van der Waals surface area contributed by atoms with E-state index in [1.165, 1.54) is 18.5 Å². The lowest BCUT2D eigenvalue weighted by molar-refractivity contribution is 0.0171. The quantitative estimate of drug-likeness (QED) is 0.805. The molecule has 0 aliphatic carbocycles. The molecule has 0 aromatic heterocycles. The number of likely N-dealkylation sites (N-methyl/N-ethyl adjacent to an activating group) is 1. The normalized spacial score (nSPS) is 27.8. The Balaban J connectivity index is 1.47. The molecule has 0 saturated carbocycles. The van der Waals surface area contributed by atoms with Crippen LogP contribution < -0.4 is 4.74 Å². The average Bonchev–Trinajstić information content (AvgIpc) is 3.05. The molecule has 2 saturated heterocycles. The molecule has 0 radical (unpaired) electrons. The van der Waals surface area contributed by atoms with Crippen LogP contribution in [-0.4, -0.2) is 61.8 Å². The van der Waals surface area contributed by atoms with Crippen LogP contribution in [0.15, 0.2) is 24.3 Å². The molecule has 0 bridgehead atoms. The Labute approximate surface area is 140 Å². The third-order valence-corrected chi connectivity index (χ3v) is 5.33. The number of fused-ring (bicyclic) bond motifs is 1. The van der Waals surface area contributed by atoms with Crippen molar-refractivity contribution < 1.29 is 9.47 Å². The highest BCUT2D eigenvalue weighted by molar-refractivity contribution is 5.27. The van der Waals surface area contributed by atoms with E-state index in [1.807, 2.05) is 12.1 Å². The number of rotatable bonds is 6. The molecule has 2 aliphatic rings. The van der Waals surface area contributed by atoms with E-state index >= 15 is 0 Å². The highest BCUT2D eigenvalue weighted by atomic mass is 16.5. The first-order valence-electron chi connectivity index (χ1n) is 8.76. The lowest BCUT2D eigenvalue weighted by atomic mass is 10.0. The van der Waals surface area contributed by atoms with E-state index < -0.39 is 0 Å². The average molecular weight is 318 g/mol. The molecule has 128 valence electrons. The van der Waals surface area contributed by atoms with Crippen molar-refractivity contribution in [3.8, 4) is 5.75 Å². The van der Waals surface area contributed by atoms with Gasteiger partial charge in [-0.3, -0.25) is 4.90 Å². The van der Waals surface area contributed by atoms with Crippen molar-refractivity contribution in [2.75, 3.05) is 33.8 Å². The molecule has 2 aliphatic heterocycles. The fourth-order valence-electron chi connectivity index (χ4n) is 3.72. The topological polar surface area (TPSA) is 24.9 Å². The van der Waals surface area contributed by atoms with Crippen molar-refractivity contribution in [1.29, 1.82) is 0 Å². The third kappa shape index (κ3) is 4.06. The summed E-state index contributed by atoms with van der Waals surface area (Å²) in [6, 6.07) is 8.99. The van der Waals surface area contributed by atoms with Crippen molar-refractivity contribution in [2.45, 2.75) is 45.1 Å². The largest absolute Gasteiger partial charge is 0.497 e. The summed E-state index contributed by atoms with van der Waals surface area (Å²) in [5.41, 5.74) is 1.35. The molecule has 3 atom stereocenters. The molecule has 3 rings (SSSR count). The van der Waals surface area contributed by atoms with Crippen molar-refractivity contribution in [3.05, 3.63) is 29.8 Å². The second kappa shape index (κ2) is 7.20. The van der Waals surface area contributed by atoms with Crippen molar-refractivity contribution >= 4 is 0 Å². The van der Waals surface area contributed by atoms with Crippen LogP contribution in [0.5, 0.6) is 5.75 Å². The van der Waals surface area contributed by atoms with Gasteiger partial charge in [0.2, 0.25) is 0 Å². The molecule has 23 heavy (non-hydrogen) atoms. The minimum atomic E-state index is 0.417. The van der Waals surface area contributed by atoms with E-state index in [9.17, 15) is 0 Å². The number of hydrogen-bond acceptors (Lipinski definition) is 4. The van der Waals surface area contributed by atoms with Crippen molar-refractivity contribution in [3.63, 3.8) is 0 Å². The highest BCUT2D eigenvalue weighted by Gasteiger charge is 2.41. The van der Waals surface area contributed by atoms with E-state index in [4.69, 9.17) is 9.47 Å². The van der Waals surface area contributed by atoms with Crippen molar-refractivity contribution in [2.24, 2.45) is 5.92 Å². The van der Waals surface area contributed by atoms with Gasteiger partial charge in [0.15, 0.2) is 0 Å². The predicted molar refractivity (Wildman–Crippen MR) is 92.8 cm³/mol. The molecule has 2 fully saturated rings. The van der Waals surface area contributed by atoms with E-state index in [1.54, 1.807) is 7.11 Å². The van der Waals surface area contributed by atoms with Gasteiger partial charge >= 0.3 is 0 Å². The van der Waals surface area contributed by atoms with Gasteiger partial charge in [-0.15, -0.1) is 0 Å². The Morgan fingerprint density at radius 1 is 1.26 bits per heavy atom. The van der Waals surface area contributed by atoms with Gasteiger partial charge in [0, 0.05) is 38.1 Å². The summed E-state index contributed by atoms with van der Waals surface area (Å²) >= 11 is 0. The highest BCUT2D eigenvalue weighted by Crippen LogP contribution is 2.34. The van der Waals surface area contributed by atoms with Crippen LogP contribution in [0, 0.1) is 5.92 Å². The van der Waals surface area contributed by atoms with Crippen LogP contribution in [0.25, 0.3) is 0 Å². The van der Waals surface area contributed by atoms with Gasteiger partial charge in [-0.2, -0.15) is 0 Å². The van der Waals surface area contributed by atoms with Crippen molar-refractivity contribution in [1.82, 2.24) is 9.80 Å². The molecular formula is C19H30N2O2. The van der Waals surface area contributed by atoms with Crippen LogP contribution in [0.1, 0.15) is 25.8 Å². The van der Waals surface area contributed by atoms with Crippen LogP contribution in [0.3, 0.4) is 0 Å². The third-order valence-electron chi connectivity index (χ3n) is 5.33. The summed E-state index contributed by atoms with van der Waals surface area (Å²) in [5.74, 6) is 1.63. The lowest BCUT2D eigenvalue weighted by Crippen LogP contribution is -2.35. The second-order valence-electron chi connectivity index (χ2n) is 7.37. The predicted octanol–water partition coefficient (Wildman–Crippen LogP) is 2.62. The number of ether oxygens (including phenoxy) is 2. The van der Waals surface area contributed by atoms with Crippen LogP contribution in [0.4, 0.5) is 0 Å². The summed E-state index contributed by atoms with van der Waals surface area (Å²) in [5, 5.41) is 0. The minimum absolute atomic E-state index is 0.417. The summed E-state index contributed by atoms with van der Waals surface area (Å²) < 4.78 is 11.5. The molecule has 1 aromatic rings. The fraction of sp³-hybridized carbons (Fsp3) is 0.684. The first kappa shape index (κ1) is 16.7. The summed E-state index contributed by atoms with van der Waals surface area (Å²) in [4.78, 5) is 4.92. The maximum atomic E-state index is 6.31. The van der Waals surface area contributed by atoms with Crippen LogP contribution in [0.2, 0.25) is 0 Å². The van der Waals surface area contributed by atoms with E-state index in [2.05, 4.69) is 42.8 Å². The molecular weight excluding hydrogens is 288 g/mol.